The highest BCUT2D eigenvalue weighted by Gasteiger charge is 2.17. The molecule has 0 unspecified atom stereocenters. The molecule has 0 aliphatic carbocycles. The SMILES string of the molecule is COC(=O)c1cc(NC(=O)C(C)C)cc(I)c1F. The van der Waals surface area contributed by atoms with Crippen molar-refractivity contribution in [1.29, 1.82) is 0 Å². The van der Waals surface area contributed by atoms with E-state index < -0.39 is 11.8 Å². The second-order valence-electron chi connectivity index (χ2n) is 3.96. The van der Waals surface area contributed by atoms with Crippen LogP contribution in [0.2, 0.25) is 0 Å². The Bertz CT molecular complexity index is 488. The van der Waals surface area contributed by atoms with Crippen LogP contribution in [0.4, 0.5) is 10.1 Å². The van der Waals surface area contributed by atoms with Gasteiger partial charge in [-0.25, -0.2) is 9.18 Å². The van der Waals surface area contributed by atoms with Gasteiger partial charge < -0.3 is 10.1 Å². The number of amides is 1. The zero-order chi connectivity index (χ0) is 13.9. The van der Waals surface area contributed by atoms with Crippen LogP contribution >= 0.6 is 22.6 Å². The first-order chi connectivity index (χ1) is 8.36. The summed E-state index contributed by atoms with van der Waals surface area (Å²) >= 11 is 1.76. The number of hydrogen-bond acceptors (Lipinski definition) is 3. The Kier molecular flexibility index (Phi) is 5.06. The summed E-state index contributed by atoms with van der Waals surface area (Å²) in [6.45, 7) is 3.48. The van der Waals surface area contributed by atoms with Crippen LogP contribution in [0.15, 0.2) is 12.1 Å². The predicted molar refractivity (Wildman–Crippen MR) is 73.9 cm³/mol. The number of halogens is 2. The van der Waals surface area contributed by atoms with Gasteiger partial charge in [0.2, 0.25) is 5.91 Å². The standard InChI is InChI=1S/C12H13FINO3/c1-6(2)11(16)15-7-4-8(12(17)18-3)10(13)9(14)5-7/h4-6H,1-3H3,(H,15,16). The number of hydrogen-bond donors (Lipinski definition) is 1. The maximum Gasteiger partial charge on any atom is 0.340 e. The van der Waals surface area contributed by atoms with E-state index in [2.05, 4.69) is 10.1 Å². The zero-order valence-corrected chi connectivity index (χ0v) is 12.4. The first-order valence-corrected chi connectivity index (χ1v) is 6.33. The van der Waals surface area contributed by atoms with Crippen molar-refractivity contribution >= 4 is 40.2 Å². The van der Waals surface area contributed by atoms with E-state index in [1.807, 2.05) is 0 Å². The molecule has 18 heavy (non-hydrogen) atoms. The summed E-state index contributed by atoms with van der Waals surface area (Å²) < 4.78 is 18.4. The number of esters is 1. The zero-order valence-electron chi connectivity index (χ0n) is 10.2. The van der Waals surface area contributed by atoms with Gasteiger partial charge in [-0.05, 0) is 34.7 Å². The van der Waals surface area contributed by atoms with Gasteiger partial charge in [0.15, 0.2) is 5.82 Å². The summed E-state index contributed by atoms with van der Waals surface area (Å²) in [6, 6.07) is 2.73. The maximum absolute atomic E-state index is 13.7. The van der Waals surface area contributed by atoms with Crippen LogP contribution in [-0.4, -0.2) is 19.0 Å². The van der Waals surface area contributed by atoms with Crippen molar-refractivity contribution < 1.29 is 18.7 Å². The first-order valence-electron chi connectivity index (χ1n) is 5.25. The Labute approximate surface area is 118 Å². The van der Waals surface area contributed by atoms with Crippen molar-refractivity contribution in [2.24, 2.45) is 5.92 Å². The molecule has 0 saturated heterocycles. The molecule has 0 bridgehead atoms. The number of nitrogens with one attached hydrogen (secondary N) is 1. The Hall–Kier alpha value is -1.18. The highest BCUT2D eigenvalue weighted by Crippen LogP contribution is 2.22. The molecule has 0 aromatic heterocycles. The fraction of sp³-hybridized carbons (Fsp3) is 0.333. The molecule has 0 saturated carbocycles. The van der Waals surface area contributed by atoms with E-state index in [-0.39, 0.29) is 21.0 Å². The molecule has 0 aliphatic rings. The third kappa shape index (κ3) is 3.41. The first kappa shape index (κ1) is 14.9. The van der Waals surface area contributed by atoms with Crippen molar-refractivity contribution in [3.63, 3.8) is 0 Å². The number of rotatable bonds is 3. The van der Waals surface area contributed by atoms with Crippen LogP contribution in [0.1, 0.15) is 24.2 Å². The molecule has 4 nitrogen and oxygen atoms in total. The molecule has 1 rings (SSSR count). The number of anilines is 1. The summed E-state index contributed by atoms with van der Waals surface area (Å²) in [5.41, 5.74) is 0.184. The minimum atomic E-state index is -0.772. The highest BCUT2D eigenvalue weighted by molar-refractivity contribution is 14.1. The number of ether oxygens (including phenoxy) is 1. The smallest absolute Gasteiger partial charge is 0.340 e. The molecular formula is C12H13FINO3. The lowest BCUT2D eigenvalue weighted by molar-refractivity contribution is -0.118. The third-order valence-corrected chi connectivity index (χ3v) is 3.01. The van der Waals surface area contributed by atoms with Gasteiger partial charge >= 0.3 is 5.97 Å². The van der Waals surface area contributed by atoms with Gasteiger partial charge in [0.1, 0.15) is 0 Å². The summed E-state index contributed by atoms with van der Waals surface area (Å²) in [7, 11) is 1.17. The lowest BCUT2D eigenvalue weighted by Crippen LogP contribution is -2.18. The van der Waals surface area contributed by atoms with E-state index in [9.17, 15) is 14.0 Å². The fourth-order valence-corrected chi connectivity index (χ4v) is 1.83. The molecule has 0 atom stereocenters. The topological polar surface area (TPSA) is 55.4 Å². The molecule has 0 radical (unpaired) electrons. The van der Waals surface area contributed by atoms with Crippen LogP contribution in [-0.2, 0) is 9.53 Å². The molecule has 0 aliphatic heterocycles. The minimum Gasteiger partial charge on any atom is -0.465 e. The number of carbonyl (C=O) groups excluding carboxylic acids is 2. The summed E-state index contributed by atoms with van der Waals surface area (Å²) in [5.74, 6) is -1.82. The quantitative estimate of drug-likeness (QED) is 0.662. The average Bonchev–Trinajstić information content (AvgIpc) is 2.32. The Morgan fingerprint density at radius 3 is 2.50 bits per heavy atom. The second kappa shape index (κ2) is 6.12. The van der Waals surface area contributed by atoms with E-state index in [1.165, 1.54) is 19.2 Å². The minimum absolute atomic E-state index is 0.191. The number of benzene rings is 1. The Balaban J connectivity index is 3.12. The van der Waals surface area contributed by atoms with Crippen molar-refractivity contribution in [2.75, 3.05) is 12.4 Å². The van der Waals surface area contributed by atoms with Gasteiger partial charge in [0.25, 0.3) is 0 Å². The molecule has 1 N–H and O–H groups in total. The van der Waals surface area contributed by atoms with Crippen molar-refractivity contribution in [1.82, 2.24) is 0 Å². The average molecular weight is 365 g/mol. The fourth-order valence-electron chi connectivity index (χ4n) is 1.21. The molecule has 0 heterocycles. The molecule has 1 amide bonds. The van der Waals surface area contributed by atoms with E-state index in [4.69, 9.17) is 0 Å². The molecule has 0 spiro atoms. The molecule has 0 fully saturated rings. The van der Waals surface area contributed by atoms with Gasteiger partial charge in [0.05, 0.1) is 16.2 Å². The summed E-state index contributed by atoms with van der Waals surface area (Å²) in [6.07, 6.45) is 0. The van der Waals surface area contributed by atoms with Crippen LogP contribution in [0.5, 0.6) is 0 Å². The Morgan fingerprint density at radius 1 is 1.39 bits per heavy atom. The molecule has 6 heteroatoms. The molecule has 98 valence electrons. The lowest BCUT2D eigenvalue weighted by Gasteiger charge is -2.10. The third-order valence-electron chi connectivity index (χ3n) is 2.23. The highest BCUT2D eigenvalue weighted by atomic mass is 127. The molecular weight excluding hydrogens is 352 g/mol. The van der Waals surface area contributed by atoms with E-state index >= 15 is 0 Å². The molecule has 1 aromatic rings. The van der Waals surface area contributed by atoms with Crippen LogP contribution in [0, 0.1) is 15.3 Å². The van der Waals surface area contributed by atoms with Crippen molar-refractivity contribution in [3.8, 4) is 0 Å². The maximum atomic E-state index is 13.7. The van der Waals surface area contributed by atoms with Crippen molar-refractivity contribution in [3.05, 3.63) is 27.1 Å². The van der Waals surface area contributed by atoms with Gasteiger partial charge in [-0.2, -0.15) is 0 Å². The monoisotopic (exact) mass is 365 g/mol. The summed E-state index contributed by atoms with van der Waals surface area (Å²) in [5, 5.41) is 2.61. The van der Waals surface area contributed by atoms with Gasteiger partial charge in [0, 0.05) is 11.6 Å². The lowest BCUT2D eigenvalue weighted by atomic mass is 10.1. The second-order valence-corrected chi connectivity index (χ2v) is 5.12. The summed E-state index contributed by atoms with van der Waals surface area (Å²) in [4.78, 5) is 22.9. The molecule has 1 aromatic carbocycles. The van der Waals surface area contributed by atoms with E-state index in [1.54, 1.807) is 36.4 Å². The van der Waals surface area contributed by atoms with E-state index in [0.717, 1.165) is 0 Å². The number of carbonyl (C=O) groups is 2. The number of methoxy groups -OCH3 is 1. The van der Waals surface area contributed by atoms with Crippen molar-refractivity contribution in [2.45, 2.75) is 13.8 Å². The van der Waals surface area contributed by atoms with Crippen LogP contribution in [0.25, 0.3) is 0 Å². The van der Waals surface area contributed by atoms with Gasteiger partial charge in [-0.3, -0.25) is 4.79 Å². The van der Waals surface area contributed by atoms with Gasteiger partial charge in [-0.1, -0.05) is 13.8 Å². The van der Waals surface area contributed by atoms with Gasteiger partial charge in [-0.15, -0.1) is 0 Å². The predicted octanol–water partition coefficient (Wildman–Crippen LogP) is 2.81. The largest absolute Gasteiger partial charge is 0.465 e. The van der Waals surface area contributed by atoms with Crippen LogP contribution in [0.3, 0.4) is 0 Å². The van der Waals surface area contributed by atoms with E-state index in [0.29, 0.717) is 5.69 Å². The van der Waals surface area contributed by atoms with Crippen LogP contribution < -0.4 is 5.32 Å². The normalized spacial score (nSPS) is 10.3. The Morgan fingerprint density at radius 2 is 2.00 bits per heavy atom.